The van der Waals surface area contributed by atoms with Crippen molar-refractivity contribution in [3.05, 3.63) is 132 Å². The quantitative estimate of drug-likeness (QED) is 0.312. The highest BCUT2D eigenvalue weighted by Gasteiger charge is 2.20. The first-order chi connectivity index (χ1) is 16.8. The lowest BCUT2D eigenvalue weighted by molar-refractivity contribution is 0.178. The van der Waals surface area contributed by atoms with Crippen LogP contribution in [0.3, 0.4) is 0 Å². The van der Waals surface area contributed by atoms with Crippen LogP contribution in [-0.2, 0) is 26.2 Å². The number of rotatable bonds is 11. The van der Waals surface area contributed by atoms with Crippen molar-refractivity contribution in [1.29, 1.82) is 0 Å². The van der Waals surface area contributed by atoms with Crippen LogP contribution in [0.15, 0.2) is 109 Å². The van der Waals surface area contributed by atoms with Gasteiger partial charge in [0.1, 0.15) is 5.82 Å². The average molecular weight is 451 g/mol. The van der Waals surface area contributed by atoms with E-state index in [1.165, 1.54) is 0 Å². The van der Waals surface area contributed by atoms with E-state index in [-0.39, 0.29) is 0 Å². The molecule has 34 heavy (non-hydrogen) atoms. The van der Waals surface area contributed by atoms with Crippen molar-refractivity contribution in [3.8, 4) is 0 Å². The third kappa shape index (κ3) is 6.72. The van der Waals surface area contributed by atoms with Crippen molar-refractivity contribution >= 4 is 0 Å². The number of nitrogens with zero attached hydrogens (tertiary/aromatic N) is 6. The maximum absolute atomic E-state index is 4.60. The van der Waals surface area contributed by atoms with Crippen molar-refractivity contribution in [2.24, 2.45) is 0 Å². The van der Waals surface area contributed by atoms with Crippen LogP contribution in [0.4, 0.5) is 0 Å². The third-order valence-electron chi connectivity index (χ3n) is 5.35. The molecule has 6 nitrogen and oxygen atoms in total. The molecule has 0 spiro atoms. The monoisotopic (exact) mass is 450 g/mol. The minimum Gasteiger partial charge on any atom is -0.347 e. The fraction of sp³-hybridized carbons (Fsp3) is 0.214. The Morgan fingerprint density at radius 2 is 0.882 bits per heavy atom. The van der Waals surface area contributed by atoms with E-state index in [9.17, 15) is 0 Å². The highest BCUT2D eigenvalue weighted by atomic mass is 15.3. The molecule has 0 unspecified atom stereocenters. The Morgan fingerprint density at radius 3 is 1.12 bits per heavy atom. The Morgan fingerprint density at radius 1 is 0.559 bits per heavy atom. The SMILES string of the molecule is CCC=C(N(Cc1ccccn1)Cc1ccccn1)N(Cc1ccccn1)Cc1ccccn1. The minimum atomic E-state index is 0.671. The normalized spacial score (nSPS) is 10.5. The average Bonchev–Trinajstić information content (AvgIpc) is 2.89. The molecule has 4 aromatic heterocycles. The number of pyridine rings is 4. The molecule has 0 bridgehead atoms. The van der Waals surface area contributed by atoms with E-state index < -0.39 is 0 Å². The summed E-state index contributed by atoms with van der Waals surface area (Å²) >= 11 is 0. The zero-order chi connectivity index (χ0) is 23.4. The molecule has 0 radical (unpaired) electrons. The van der Waals surface area contributed by atoms with Crippen molar-refractivity contribution in [3.63, 3.8) is 0 Å². The van der Waals surface area contributed by atoms with Gasteiger partial charge in [-0.25, -0.2) is 0 Å². The second-order valence-electron chi connectivity index (χ2n) is 7.97. The molecular formula is C28H30N6. The third-order valence-corrected chi connectivity index (χ3v) is 5.35. The van der Waals surface area contributed by atoms with E-state index in [4.69, 9.17) is 0 Å². The summed E-state index contributed by atoms with van der Waals surface area (Å²) in [4.78, 5) is 23.1. The van der Waals surface area contributed by atoms with Crippen molar-refractivity contribution in [2.45, 2.75) is 39.5 Å². The first kappa shape index (κ1) is 23.1. The van der Waals surface area contributed by atoms with Crippen LogP contribution in [0.25, 0.3) is 0 Å². The maximum Gasteiger partial charge on any atom is 0.101 e. The molecule has 172 valence electrons. The number of aromatic nitrogens is 4. The summed E-state index contributed by atoms with van der Waals surface area (Å²) < 4.78 is 0. The Bertz CT molecular complexity index is 963. The van der Waals surface area contributed by atoms with E-state index >= 15 is 0 Å². The first-order valence-electron chi connectivity index (χ1n) is 11.6. The number of hydrogen-bond acceptors (Lipinski definition) is 6. The van der Waals surface area contributed by atoms with Crippen LogP contribution in [0.5, 0.6) is 0 Å². The van der Waals surface area contributed by atoms with Gasteiger partial charge < -0.3 is 9.80 Å². The van der Waals surface area contributed by atoms with Crippen molar-refractivity contribution in [1.82, 2.24) is 29.7 Å². The largest absolute Gasteiger partial charge is 0.347 e. The summed E-state index contributed by atoms with van der Waals surface area (Å²) in [6, 6.07) is 24.2. The Kier molecular flexibility index (Phi) is 8.33. The first-order valence-corrected chi connectivity index (χ1v) is 11.6. The van der Waals surface area contributed by atoms with E-state index in [0.29, 0.717) is 26.2 Å². The van der Waals surface area contributed by atoms with Crippen molar-refractivity contribution < 1.29 is 0 Å². The van der Waals surface area contributed by atoms with Gasteiger partial charge in [0.15, 0.2) is 0 Å². The van der Waals surface area contributed by atoms with Gasteiger partial charge in [-0.15, -0.1) is 0 Å². The molecule has 0 aliphatic rings. The summed E-state index contributed by atoms with van der Waals surface area (Å²) in [5, 5.41) is 0. The van der Waals surface area contributed by atoms with Crippen molar-refractivity contribution in [2.75, 3.05) is 0 Å². The minimum absolute atomic E-state index is 0.671. The van der Waals surface area contributed by atoms with Gasteiger partial charge in [-0.2, -0.15) is 0 Å². The summed E-state index contributed by atoms with van der Waals surface area (Å²) in [6.45, 7) is 4.85. The lowest BCUT2D eigenvalue weighted by Gasteiger charge is -2.36. The predicted molar refractivity (Wildman–Crippen MR) is 134 cm³/mol. The highest BCUT2D eigenvalue weighted by molar-refractivity contribution is 5.14. The maximum atomic E-state index is 4.60. The molecule has 0 aromatic carbocycles. The lowest BCUT2D eigenvalue weighted by atomic mass is 10.2. The van der Waals surface area contributed by atoms with Gasteiger partial charge in [-0.3, -0.25) is 19.9 Å². The summed E-state index contributed by atoms with van der Waals surface area (Å²) in [7, 11) is 0. The lowest BCUT2D eigenvalue weighted by Crippen LogP contribution is -2.35. The Hall–Kier alpha value is -4.06. The zero-order valence-corrected chi connectivity index (χ0v) is 19.5. The second-order valence-corrected chi connectivity index (χ2v) is 7.97. The molecule has 4 rings (SSSR count). The van der Waals surface area contributed by atoms with Gasteiger partial charge in [0, 0.05) is 24.8 Å². The fourth-order valence-electron chi connectivity index (χ4n) is 3.83. The molecule has 0 saturated carbocycles. The summed E-state index contributed by atoms with van der Waals surface area (Å²) in [6.07, 6.45) is 10.6. The van der Waals surface area contributed by atoms with Crippen LogP contribution >= 0.6 is 0 Å². The van der Waals surface area contributed by atoms with Crippen LogP contribution in [0.1, 0.15) is 36.1 Å². The zero-order valence-electron chi connectivity index (χ0n) is 19.5. The fourth-order valence-corrected chi connectivity index (χ4v) is 3.83. The molecular weight excluding hydrogens is 420 g/mol. The summed E-state index contributed by atoms with van der Waals surface area (Å²) in [5.74, 6) is 1.12. The van der Waals surface area contributed by atoms with Crippen LogP contribution in [-0.4, -0.2) is 29.7 Å². The van der Waals surface area contributed by atoms with E-state index in [1.807, 2.05) is 73.3 Å². The van der Waals surface area contributed by atoms with Gasteiger partial charge in [0.05, 0.1) is 49.0 Å². The predicted octanol–water partition coefficient (Wildman–Crippen LogP) is 5.22. The molecule has 6 heteroatoms. The van der Waals surface area contributed by atoms with E-state index in [2.05, 4.69) is 67.0 Å². The van der Waals surface area contributed by atoms with Gasteiger partial charge >= 0.3 is 0 Å². The number of allylic oxidation sites excluding steroid dienone is 1. The standard InChI is InChI=1S/C28H30N6/c1-2-11-28(33(20-24-12-3-7-16-29-24)21-25-13-4-8-17-30-25)34(22-26-14-5-9-18-31-26)23-27-15-6-10-19-32-27/h3-19H,2,20-23H2,1H3. The highest BCUT2D eigenvalue weighted by Crippen LogP contribution is 2.22. The second kappa shape index (κ2) is 12.3. The molecule has 0 aliphatic carbocycles. The Balaban J connectivity index is 1.70. The van der Waals surface area contributed by atoms with E-state index in [0.717, 1.165) is 35.0 Å². The molecule has 0 aliphatic heterocycles. The van der Waals surface area contributed by atoms with Crippen LogP contribution in [0.2, 0.25) is 0 Å². The van der Waals surface area contributed by atoms with Gasteiger partial charge in [0.2, 0.25) is 0 Å². The molecule has 4 aromatic rings. The van der Waals surface area contributed by atoms with Gasteiger partial charge in [0.25, 0.3) is 0 Å². The molecule has 4 heterocycles. The van der Waals surface area contributed by atoms with Crippen LogP contribution < -0.4 is 0 Å². The van der Waals surface area contributed by atoms with Crippen LogP contribution in [0, 0.1) is 0 Å². The van der Waals surface area contributed by atoms with Gasteiger partial charge in [-0.1, -0.05) is 31.2 Å². The molecule has 0 saturated heterocycles. The summed E-state index contributed by atoms with van der Waals surface area (Å²) in [5.41, 5.74) is 4.04. The van der Waals surface area contributed by atoms with Gasteiger partial charge in [-0.05, 0) is 61.0 Å². The Labute approximate surface area is 201 Å². The number of hydrogen-bond donors (Lipinski definition) is 0. The molecule has 0 N–H and O–H groups in total. The molecule has 0 amide bonds. The molecule has 0 fully saturated rings. The van der Waals surface area contributed by atoms with E-state index in [1.54, 1.807) is 0 Å². The topological polar surface area (TPSA) is 58.0 Å². The smallest absolute Gasteiger partial charge is 0.101 e. The molecule has 0 atom stereocenters.